The summed E-state index contributed by atoms with van der Waals surface area (Å²) >= 11 is 1.94. The topological polar surface area (TPSA) is 20.3 Å². The van der Waals surface area contributed by atoms with Gasteiger partial charge in [0.05, 0.1) is 0 Å². The first-order valence-corrected chi connectivity index (χ1v) is 8.32. The molecule has 0 spiro atoms. The van der Waals surface area contributed by atoms with Crippen molar-refractivity contribution in [1.82, 2.24) is 4.90 Å². The normalized spacial score (nSPS) is 23.9. The molecule has 2 aliphatic heterocycles. The van der Waals surface area contributed by atoms with Crippen molar-refractivity contribution in [2.75, 3.05) is 18.8 Å². The molecule has 0 bridgehead atoms. The van der Waals surface area contributed by atoms with Gasteiger partial charge in [-0.15, -0.1) is 11.8 Å². The van der Waals surface area contributed by atoms with Crippen molar-refractivity contribution in [3.8, 4) is 0 Å². The van der Waals surface area contributed by atoms with Crippen molar-refractivity contribution in [1.29, 1.82) is 0 Å². The molecular formula is C16H21NOS. The van der Waals surface area contributed by atoms with Crippen LogP contribution in [-0.2, 0) is 4.79 Å². The highest BCUT2D eigenvalue weighted by atomic mass is 32.2. The van der Waals surface area contributed by atoms with Crippen LogP contribution in [0.15, 0.2) is 29.2 Å². The largest absolute Gasteiger partial charge is 0.342 e. The molecule has 0 N–H and O–H groups in total. The highest BCUT2D eigenvalue weighted by Crippen LogP contribution is 2.39. The summed E-state index contributed by atoms with van der Waals surface area (Å²) < 4.78 is 0. The van der Waals surface area contributed by atoms with Crippen LogP contribution >= 0.6 is 11.8 Å². The van der Waals surface area contributed by atoms with Crippen LogP contribution in [0.3, 0.4) is 0 Å². The van der Waals surface area contributed by atoms with E-state index in [9.17, 15) is 4.79 Å². The van der Waals surface area contributed by atoms with E-state index in [2.05, 4.69) is 29.2 Å². The molecule has 3 rings (SSSR count). The minimum absolute atomic E-state index is 0.370. The zero-order valence-corrected chi connectivity index (χ0v) is 12.1. The van der Waals surface area contributed by atoms with Crippen LogP contribution in [-0.4, -0.2) is 29.6 Å². The molecule has 0 aliphatic carbocycles. The molecule has 102 valence electrons. The van der Waals surface area contributed by atoms with Crippen molar-refractivity contribution < 1.29 is 4.79 Å². The molecule has 1 aromatic carbocycles. The Hall–Kier alpha value is -0.960. The number of carbonyl (C=O) groups excluding carboxylic acids is 1. The summed E-state index contributed by atoms with van der Waals surface area (Å²) in [4.78, 5) is 15.7. The summed E-state index contributed by atoms with van der Waals surface area (Å²) in [7, 11) is 0. The predicted molar refractivity (Wildman–Crippen MR) is 79.6 cm³/mol. The smallest absolute Gasteiger partial charge is 0.222 e. The average Bonchev–Trinajstić information content (AvgIpc) is 2.82. The molecule has 19 heavy (non-hydrogen) atoms. The van der Waals surface area contributed by atoms with Gasteiger partial charge in [0.1, 0.15) is 0 Å². The number of carbonyl (C=O) groups is 1. The third-order valence-corrected chi connectivity index (χ3v) is 5.41. The van der Waals surface area contributed by atoms with Gasteiger partial charge in [-0.3, -0.25) is 4.79 Å². The van der Waals surface area contributed by atoms with Gasteiger partial charge in [-0.1, -0.05) is 31.0 Å². The van der Waals surface area contributed by atoms with Gasteiger partial charge in [-0.25, -0.2) is 0 Å². The zero-order valence-electron chi connectivity index (χ0n) is 11.3. The molecule has 1 fully saturated rings. The molecule has 2 aliphatic rings. The molecule has 2 heterocycles. The molecule has 1 atom stereocenters. The first-order chi connectivity index (χ1) is 9.34. The van der Waals surface area contributed by atoms with Gasteiger partial charge < -0.3 is 4.90 Å². The maximum atomic E-state index is 12.2. The Kier molecular flexibility index (Phi) is 4.12. The van der Waals surface area contributed by atoms with E-state index in [1.165, 1.54) is 29.7 Å². The lowest BCUT2D eigenvalue weighted by Crippen LogP contribution is -2.36. The second-order valence-corrected chi connectivity index (χ2v) is 6.61. The number of rotatable bonds is 2. The minimum atomic E-state index is 0.370. The first-order valence-electron chi connectivity index (χ1n) is 7.34. The van der Waals surface area contributed by atoms with Gasteiger partial charge in [-0.05, 0) is 24.5 Å². The fourth-order valence-corrected chi connectivity index (χ4v) is 4.30. The van der Waals surface area contributed by atoms with E-state index in [1.54, 1.807) is 0 Å². The van der Waals surface area contributed by atoms with Crippen molar-refractivity contribution in [3.63, 3.8) is 0 Å². The first kappa shape index (κ1) is 13.0. The van der Waals surface area contributed by atoms with E-state index in [1.807, 2.05) is 11.8 Å². The van der Waals surface area contributed by atoms with E-state index in [-0.39, 0.29) is 0 Å². The van der Waals surface area contributed by atoms with Crippen LogP contribution in [0.2, 0.25) is 0 Å². The molecule has 0 aromatic heterocycles. The van der Waals surface area contributed by atoms with E-state index >= 15 is 0 Å². The minimum Gasteiger partial charge on any atom is -0.342 e. The Morgan fingerprint density at radius 2 is 2.00 bits per heavy atom. The van der Waals surface area contributed by atoms with E-state index in [4.69, 9.17) is 0 Å². The quantitative estimate of drug-likeness (QED) is 0.821. The van der Waals surface area contributed by atoms with Gasteiger partial charge in [0.2, 0.25) is 5.91 Å². The molecule has 1 aromatic rings. The van der Waals surface area contributed by atoms with E-state index in [0.717, 1.165) is 31.7 Å². The average molecular weight is 275 g/mol. The third-order valence-electron chi connectivity index (χ3n) is 4.16. The number of fused-ring (bicyclic) bond motifs is 1. The van der Waals surface area contributed by atoms with Crippen molar-refractivity contribution in [3.05, 3.63) is 29.8 Å². The Morgan fingerprint density at radius 3 is 2.95 bits per heavy atom. The molecular weight excluding hydrogens is 254 g/mol. The van der Waals surface area contributed by atoms with Crippen LogP contribution in [0.25, 0.3) is 0 Å². The van der Waals surface area contributed by atoms with Crippen molar-refractivity contribution >= 4 is 17.7 Å². The summed E-state index contributed by atoms with van der Waals surface area (Å²) in [6.07, 6.45) is 5.50. The lowest BCUT2D eigenvalue weighted by atomic mass is 9.99. The number of hydrogen-bond donors (Lipinski definition) is 0. The third kappa shape index (κ3) is 2.97. The van der Waals surface area contributed by atoms with Crippen LogP contribution < -0.4 is 0 Å². The summed E-state index contributed by atoms with van der Waals surface area (Å²) in [6, 6.07) is 8.66. The molecule has 0 saturated carbocycles. The predicted octanol–water partition coefficient (Wildman–Crippen LogP) is 3.67. The molecule has 1 amide bonds. The fraction of sp³-hybridized carbons (Fsp3) is 0.562. The van der Waals surface area contributed by atoms with Gasteiger partial charge in [-0.2, -0.15) is 0 Å². The monoisotopic (exact) mass is 275 g/mol. The Labute approximate surface area is 119 Å². The van der Waals surface area contributed by atoms with Gasteiger partial charge in [0, 0.05) is 36.1 Å². The van der Waals surface area contributed by atoms with Crippen molar-refractivity contribution in [2.45, 2.75) is 42.9 Å². The van der Waals surface area contributed by atoms with Gasteiger partial charge >= 0.3 is 0 Å². The van der Waals surface area contributed by atoms with Crippen LogP contribution in [0.4, 0.5) is 0 Å². The maximum Gasteiger partial charge on any atom is 0.222 e. The highest BCUT2D eigenvalue weighted by molar-refractivity contribution is 7.99. The summed E-state index contributed by atoms with van der Waals surface area (Å²) in [6.45, 7) is 1.88. The second kappa shape index (κ2) is 6.00. The number of thioether (sulfide) groups is 1. The summed E-state index contributed by atoms with van der Waals surface area (Å²) in [5, 5.41) is 0. The molecule has 2 nitrogen and oxygen atoms in total. The fourth-order valence-electron chi connectivity index (χ4n) is 3.05. The number of benzene rings is 1. The standard InChI is InChI=1S/C16H21NOS/c18-16-9-3-1-2-6-10-17(16)11-13-12-19-15-8-5-4-7-14(13)15/h4-5,7-8,13H,1-3,6,9-12H2. The molecule has 0 radical (unpaired) electrons. The van der Waals surface area contributed by atoms with Crippen LogP contribution in [0.1, 0.15) is 43.6 Å². The van der Waals surface area contributed by atoms with Gasteiger partial charge in [0.15, 0.2) is 0 Å². The van der Waals surface area contributed by atoms with Crippen LogP contribution in [0.5, 0.6) is 0 Å². The van der Waals surface area contributed by atoms with Crippen LogP contribution in [0, 0.1) is 0 Å². The Bertz CT molecular complexity index is 460. The maximum absolute atomic E-state index is 12.2. The SMILES string of the molecule is O=C1CCCCCCN1CC1CSc2ccccc21. The zero-order chi connectivity index (χ0) is 13.1. The Balaban J connectivity index is 1.69. The number of likely N-dealkylation sites (tertiary alicyclic amines) is 1. The molecule has 1 saturated heterocycles. The lowest BCUT2D eigenvalue weighted by molar-refractivity contribution is -0.132. The lowest BCUT2D eigenvalue weighted by Gasteiger charge is -2.27. The highest BCUT2D eigenvalue weighted by Gasteiger charge is 2.26. The Morgan fingerprint density at radius 1 is 1.16 bits per heavy atom. The van der Waals surface area contributed by atoms with Crippen molar-refractivity contribution in [2.24, 2.45) is 0 Å². The molecule has 3 heteroatoms. The summed E-state index contributed by atoms with van der Waals surface area (Å²) in [5.74, 6) is 2.03. The number of hydrogen-bond acceptors (Lipinski definition) is 2. The molecule has 1 unspecified atom stereocenters. The number of nitrogens with zero attached hydrogens (tertiary/aromatic N) is 1. The number of amides is 1. The van der Waals surface area contributed by atoms with E-state index < -0.39 is 0 Å². The van der Waals surface area contributed by atoms with E-state index in [0.29, 0.717) is 11.8 Å². The second-order valence-electron chi connectivity index (χ2n) is 5.55. The summed E-state index contributed by atoms with van der Waals surface area (Å²) in [5.41, 5.74) is 1.45. The van der Waals surface area contributed by atoms with Gasteiger partial charge in [0.25, 0.3) is 0 Å².